The van der Waals surface area contributed by atoms with E-state index in [1.54, 1.807) is 37.5 Å². The molecule has 0 radical (unpaired) electrons. The van der Waals surface area contributed by atoms with Crippen molar-refractivity contribution >= 4 is 17.7 Å². The molecule has 6 heteroatoms. The van der Waals surface area contributed by atoms with Crippen molar-refractivity contribution in [1.82, 2.24) is 15.3 Å². The number of hydrogen-bond donors (Lipinski definition) is 1. The minimum atomic E-state index is -0.109. The lowest BCUT2D eigenvalue weighted by Gasteiger charge is -2.10. The van der Waals surface area contributed by atoms with Gasteiger partial charge in [-0.15, -0.1) is 11.8 Å². The molecule has 1 heterocycles. The zero-order valence-electron chi connectivity index (χ0n) is 14.4. The second-order valence-corrected chi connectivity index (χ2v) is 6.52. The first-order valence-electron chi connectivity index (χ1n) is 8.14. The lowest BCUT2D eigenvalue weighted by Crippen LogP contribution is -2.23. The zero-order valence-corrected chi connectivity index (χ0v) is 15.2. The number of nitrogens with zero attached hydrogens (tertiary/aromatic N) is 2. The molecule has 1 amide bonds. The molecule has 1 N–H and O–H groups in total. The van der Waals surface area contributed by atoms with Crippen LogP contribution in [-0.4, -0.2) is 23.0 Å². The van der Waals surface area contributed by atoms with E-state index in [-0.39, 0.29) is 5.91 Å². The topological polar surface area (TPSA) is 64.1 Å². The van der Waals surface area contributed by atoms with Crippen molar-refractivity contribution in [3.8, 4) is 5.75 Å². The molecule has 0 aliphatic heterocycles. The van der Waals surface area contributed by atoms with E-state index in [2.05, 4.69) is 15.3 Å². The Labute approximate surface area is 156 Å². The van der Waals surface area contributed by atoms with Crippen LogP contribution in [-0.2, 0) is 12.3 Å². The Morgan fingerprint density at radius 1 is 1.15 bits per heavy atom. The normalized spacial score (nSPS) is 10.3. The van der Waals surface area contributed by atoms with Gasteiger partial charge in [-0.2, -0.15) is 0 Å². The van der Waals surface area contributed by atoms with Gasteiger partial charge in [0.2, 0.25) is 0 Å². The predicted octanol–water partition coefficient (Wildman–Crippen LogP) is 3.71. The monoisotopic (exact) mass is 365 g/mol. The molecule has 0 spiro atoms. The fourth-order valence-corrected chi connectivity index (χ4v) is 3.21. The SMILES string of the molecule is COc1ccccc1CNC(=O)c1cccc(CSc2cnccn2)c1. The summed E-state index contributed by atoms with van der Waals surface area (Å²) < 4.78 is 5.31. The van der Waals surface area contributed by atoms with Crippen LogP contribution < -0.4 is 10.1 Å². The molecule has 0 aliphatic rings. The molecule has 0 fully saturated rings. The third kappa shape index (κ3) is 4.83. The van der Waals surface area contributed by atoms with Crippen molar-refractivity contribution in [3.05, 3.63) is 83.8 Å². The van der Waals surface area contributed by atoms with Gasteiger partial charge in [0.05, 0.1) is 13.3 Å². The maximum atomic E-state index is 12.5. The first kappa shape index (κ1) is 17.9. The zero-order chi connectivity index (χ0) is 18.2. The van der Waals surface area contributed by atoms with E-state index in [9.17, 15) is 4.79 Å². The van der Waals surface area contributed by atoms with E-state index < -0.39 is 0 Å². The van der Waals surface area contributed by atoms with E-state index in [1.165, 1.54) is 0 Å². The van der Waals surface area contributed by atoms with E-state index in [0.29, 0.717) is 12.1 Å². The molecule has 0 unspecified atom stereocenters. The van der Waals surface area contributed by atoms with Crippen molar-refractivity contribution in [3.63, 3.8) is 0 Å². The van der Waals surface area contributed by atoms with Crippen molar-refractivity contribution in [2.75, 3.05) is 7.11 Å². The van der Waals surface area contributed by atoms with Gasteiger partial charge in [0.1, 0.15) is 10.8 Å². The summed E-state index contributed by atoms with van der Waals surface area (Å²) in [5.74, 6) is 1.39. The number of aromatic nitrogens is 2. The number of para-hydroxylation sites is 1. The van der Waals surface area contributed by atoms with Gasteiger partial charge in [0.25, 0.3) is 5.91 Å². The Hall–Kier alpha value is -2.86. The van der Waals surface area contributed by atoms with Gasteiger partial charge in [0.15, 0.2) is 0 Å². The molecule has 5 nitrogen and oxygen atoms in total. The maximum Gasteiger partial charge on any atom is 0.251 e. The smallest absolute Gasteiger partial charge is 0.251 e. The van der Waals surface area contributed by atoms with Crippen molar-refractivity contribution in [1.29, 1.82) is 0 Å². The van der Waals surface area contributed by atoms with Crippen LogP contribution in [0.25, 0.3) is 0 Å². The summed E-state index contributed by atoms with van der Waals surface area (Å²) >= 11 is 1.59. The van der Waals surface area contributed by atoms with Crippen LogP contribution in [0.3, 0.4) is 0 Å². The third-order valence-electron chi connectivity index (χ3n) is 3.75. The highest BCUT2D eigenvalue weighted by Crippen LogP contribution is 2.20. The number of thioether (sulfide) groups is 1. The Morgan fingerprint density at radius 2 is 2.04 bits per heavy atom. The predicted molar refractivity (Wildman–Crippen MR) is 102 cm³/mol. The summed E-state index contributed by atoms with van der Waals surface area (Å²) in [6.45, 7) is 0.418. The van der Waals surface area contributed by atoms with Gasteiger partial charge in [-0.25, -0.2) is 4.98 Å². The van der Waals surface area contributed by atoms with Crippen LogP contribution in [0.2, 0.25) is 0 Å². The fraction of sp³-hybridized carbons (Fsp3) is 0.150. The minimum absolute atomic E-state index is 0.109. The molecule has 0 saturated carbocycles. The van der Waals surface area contributed by atoms with Crippen LogP contribution in [0, 0.1) is 0 Å². The molecule has 132 valence electrons. The summed E-state index contributed by atoms with van der Waals surface area (Å²) in [6, 6.07) is 15.3. The van der Waals surface area contributed by atoms with Crippen molar-refractivity contribution < 1.29 is 9.53 Å². The van der Waals surface area contributed by atoms with Gasteiger partial charge in [-0.3, -0.25) is 9.78 Å². The van der Waals surface area contributed by atoms with Crippen LogP contribution in [0.4, 0.5) is 0 Å². The average Bonchev–Trinajstić information content (AvgIpc) is 2.71. The molecule has 0 bridgehead atoms. The molecule has 26 heavy (non-hydrogen) atoms. The molecule has 0 saturated heterocycles. The highest BCUT2D eigenvalue weighted by atomic mass is 32.2. The summed E-state index contributed by atoms with van der Waals surface area (Å²) in [5, 5.41) is 3.80. The molecular formula is C20H19N3O2S. The number of methoxy groups -OCH3 is 1. The van der Waals surface area contributed by atoms with Crippen molar-refractivity contribution in [2.24, 2.45) is 0 Å². The van der Waals surface area contributed by atoms with Crippen LogP contribution >= 0.6 is 11.8 Å². The van der Waals surface area contributed by atoms with E-state index >= 15 is 0 Å². The summed E-state index contributed by atoms with van der Waals surface area (Å²) in [5.41, 5.74) is 2.64. The Bertz CT molecular complexity index is 872. The average molecular weight is 365 g/mol. The molecule has 3 aromatic rings. The van der Waals surface area contributed by atoms with E-state index in [4.69, 9.17) is 4.74 Å². The largest absolute Gasteiger partial charge is 0.496 e. The number of ether oxygens (including phenoxy) is 1. The summed E-state index contributed by atoms with van der Waals surface area (Å²) in [7, 11) is 1.62. The Balaban J connectivity index is 1.61. The number of nitrogens with one attached hydrogen (secondary N) is 1. The summed E-state index contributed by atoms with van der Waals surface area (Å²) in [6.07, 6.45) is 5.05. The molecule has 0 aliphatic carbocycles. The van der Waals surface area contributed by atoms with Crippen LogP contribution in [0.5, 0.6) is 5.75 Å². The molecule has 3 rings (SSSR count). The van der Waals surface area contributed by atoms with Crippen LogP contribution in [0.15, 0.2) is 72.1 Å². The molecule has 0 atom stereocenters. The number of hydrogen-bond acceptors (Lipinski definition) is 5. The summed E-state index contributed by atoms with van der Waals surface area (Å²) in [4.78, 5) is 20.8. The quantitative estimate of drug-likeness (QED) is 0.647. The lowest BCUT2D eigenvalue weighted by atomic mass is 10.1. The van der Waals surface area contributed by atoms with E-state index in [0.717, 1.165) is 27.7 Å². The lowest BCUT2D eigenvalue weighted by molar-refractivity contribution is 0.0950. The van der Waals surface area contributed by atoms with Gasteiger partial charge in [-0.05, 0) is 23.8 Å². The first-order valence-corrected chi connectivity index (χ1v) is 9.12. The number of carbonyl (C=O) groups is 1. The molecule has 1 aromatic heterocycles. The number of carbonyl (C=O) groups excluding carboxylic acids is 1. The second kappa shape index (κ2) is 9.01. The van der Waals surface area contributed by atoms with Gasteiger partial charge in [-0.1, -0.05) is 30.3 Å². The Morgan fingerprint density at radius 3 is 2.85 bits per heavy atom. The first-order chi connectivity index (χ1) is 12.8. The molecule has 2 aromatic carbocycles. The second-order valence-electron chi connectivity index (χ2n) is 5.53. The van der Waals surface area contributed by atoms with Gasteiger partial charge in [0, 0.05) is 35.8 Å². The Kier molecular flexibility index (Phi) is 6.22. The third-order valence-corrected chi connectivity index (χ3v) is 4.73. The number of benzene rings is 2. The number of rotatable bonds is 7. The molecular weight excluding hydrogens is 346 g/mol. The van der Waals surface area contributed by atoms with Crippen LogP contribution in [0.1, 0.15) is 21.5 Å². The minimum Gasteiger partial charge on any atom is -0.496 e. The van der Waals surface area contributed by atoms with E-state index in [1.807, 2.05) is 48.5 Å². The van der Waals surface area contributed by atoms with Gasteiger partial charge < -0.3 is 10.1 Å². The highest BCUT2D eigenvalue weighted by Gasteiger charge is 2.08. The highest BCUT2D eigenvalue weighted by molar-refractivity contribution is 7.98. The van der Waals surface area contributed by atoms with Gasteiger partial charge >= 0.3 is 0 Å². The fourth-order valence-electron chi connectivity index (χ4n) is 2.45. The standard InChI is InChI=1S/C20H19N3O2S/c1-25-18-8-3-2-6-17(18)12-23-20(24)16-7-4-5-15(11-16)14-26-19-13-21-9-10-22-19/h2-11,13H,12,14H2,1H3,(H,23,24). The maximum absolute atomic E-state index is 12.5. The number of amides is 1. The van der Waals surface area contributed by atoms with Crippen molar-refractivity contribution in [2.45, 2.75) is 17.3 Å².